The number of amides is 1. The first-order valence-corrected chi connectivity index (χ1v) is 7.73. The first-order valence-electron chi connectivity index (χ1n) is 7.73. The van der Waals surface area contributed by atoms with Gasteiger partial charge in [0.05, 0.1) is 5.60 Å². The van der Waals surface area contributed by atoms with E-state index in [1.807, 2.05) is 11.8 Å². The summed E-state index contributed by atoms with van der Waals surface area (Å²) in [6.07, 6.45) is 6.70. The zero-order valence-electron chi connectivity index (χ0n) is 12.4. The van der Waals surface area contributed by atoms with Crippen molar-refractivity contribution >= 4 is 5.91 Å². The predicted molar refractivity (Wildman–Crippen MR) is 75.8 cm³/mol. The summed E-state index contributed by atoms with van der Waals surface area (Å²) in [5.74, 6) is 0.786. The summed E-state index contributed by atoms with van der Waals surface area (Å²) >= 11 is 0. The average Bonchev–Trinajstić information content (AvgIpc) is 3.22. The van der Waals surface area contributed by atoms with Gasteiger partial charge in [-0.1, -0.05) is 19.8 Å². The van der Waals surface area contributed by atoms with Gasteiger partial charge in [0, 0.05) is 19.1 Å². The lowest BCUT2D eigenvalue weighted by molar-refractivity contribution is -0.147. The van der Waals surface area contributed by atoms with Crippen LogP contribution in [0.15, 0.2) is 0 Å². The summed E-state index contributed by atoms with van der Waals surface area (Å²) in [7, 11) is 0. The number of nitrogens with two attached hydrogens (primary N) is 1. The van der Waals surface area contributed by atoms with Gasteiger partial charge in [-0.2, -0.15) is 0 Å². The van der Waals surface area contributed by atoms with E-state index in [0.29, 0.717) is 18.5 Å². The topological polar surface area (TPSA) is 55.6 Å². The maximum atomic E-state index is 12.2. The van der Waals surface area contributed by atoms with Crippen LogP contribution in [-0.2, 0) is 9.53 Å². The van der Waals surface area contributed by atoms with E-state index in [1.165, 1.54) is 6.42 Å². The van der Waals surface area contributed by atoms with Crippen molar-refractivity contribution in [3.63, 3.8) is 0 Å². The van der Waals surface area contributed by atoms with Crippen LogP contribution >= 0.6 is 0 Å². The molecule has 0 bridgehead atoms. The lowest BCUT2D eigenvalue weighted by Crippen LogP contribution is -2.47. The van der Waals surface area contributed by atoms with Gasteiger partial charge in [0.25, 0.3) is 0 Å². The van der Waals surface area contributed by atoms with Crippen LogP contribution in [0.3, 0.4) is 0 Å². The van der Waals surface area contributed by atoms with Crippen LogP contribution in [0.1, 0.15) is 52.4 Å². The van der Waals surface area contributed by atoms with Gasteiger partial charge in [-0.3, -0.25) is 4.79 Å². The third kappa shape index (κ3) is 3.69. The Morgan fingerprint density at radius 1 is 1.42 bits per heavy atom. The van der Waals surface area contributed by atoms with Crippen molar-refractivity contribution in [2.45, 2.75) is 64.0 Å². The molecule has 0 aromatic rings. The van der Waals surface area contributed by atoms with Crippen molar-refractivity contribution in [1.29, 1.82) is 0 Å². The third-order valence-corrected chi connectivity index (χ3v) is 4.57. The molecule has 2 aliphatic rings. The van der Waals surface area contributed by atoms with E-state index in [2.05, 4.69) is 6.92 Å². The molecule has 0 heterocycles. The molecule has 2 N–H and O–H groups in total. The molecule has 110 valence electrons. The maximum absolute atomic E-state index is 12.2. The van der Waals surface area contributed by atoms with E-state index in [0.717, 1.165) is 38.6 Å². The molecular weight excluding hydrogens is 240 g/mol. The second kappa shape index (κ2) is 6.23. The van der Waals surface area contributed by atoms with Gasteiger partial charge in [0.15, 0.2) is 0 Å². The van der Waals surface area contributed by atoms with E-state index < -0.39 is 0 Å². The molecule has 0 radical (unpaired) electrons. The zero-order valence-corrected chi connectivity index (χ0v) is 12.4. The predicted octanol–water partition coefficient (Wildman–Crippen LogP) is 1.92. The fourth-order valence-corrected chi connectivity index (χ4v) is 3.31. The largest absolute Gasteiger partial charge is 0.364 e. The zero-order chi connectivity index (χ0) is 13.9. The molecule has 2 rings (SSSR count). The molecule has 2 atom stereocenters. The average molecular weight is 268 g/mol. The van der Waals surface area contributed by atoms with E-state index >= 15 is 0 Å². The molecule has 19 heavy (non-hydrogen) atoms. The van der Waals surface area contributed by atoms with Crippen molar-refractivity contribution in [3.8, 4) is 0 Å². The summed E-state index contributed by atoms with van der Waals surface area (Å²) in [6.45, 7) is 5.81. The smallest absolute Gasteiger partial charge is 0.248 e. The van der Waals surface area contributed by atoms with Gasteiger partial charge < -0.3 is 15.4 Å². The van der Waals surface area contributed by atoms with Crippen LogP contribution in [0.4, 0.5) is 0 Å². The second-order valence-electron chi connectivity index (χ2n) is 6.29. The minimum Gasteiger partial charge on any atom is -0.364 e. The van der Waals surface area contributed by atoms with Crippen LogP contribution in [0.5, 0.6) is 0 Å². The SMILES string of the molecule is CCN(C(=O)COC1(CN)CCCC(C)C1)C1CC1. The number of nitrogens with zero attached hydrogens (tertiary/aromatic N) is 1. The summed E-state index contributed by atoms with van der Waals surface area (Å²) < 4.78 is 6.00. The number of carbonyl (C=O) groups is 1. The Balaban J connectivity index is 1.86. The molecule has 0 saturated heterocycles. The van der Waals surface area contributed by atoms with Crippen molar-refractivity contribution in [3.05, 3.63) is 0 Å². The summed E-state index contributed by atoms with van der Waals surface area (Å²) in [4.78, 5) is 14.2. The van der Waals surface area contributed by atoms with Gasteiger partial charge in [-0.25, -0.2) is 0 Å². The number of hydrogen-bond donors (Lipinski definition) is 1. The van der Waals surface area contributed by atoms with Crippen LogP contribution < -0.4 is 5.73 Å². The Labute approximate surface area is 116 Å². The highest BCUT2D eigenvalue weighted by Gasteiger charge is 2.37. The highest BCUT2D eigenvalue weighted by atomic mass is 16.5. The van der Waals surface area contributed by atoms with Gasteiger partial charge in [-0.15, -0.1) is 0 Å². The molecule has 2 fully saturated rings. The van der Waals surface area contributed by atoms with E-state index in [-0.39, 0.29) is 18.1 Å². The van der Waals surface area contributed by atoms with Crippen molar-refractivity contribution < 1.29 is 9.53 Å². The molecular formula is C15H28N2O2. The Hall–Kier alpha value is -0.610. The number of hydrogen-bond acceptors (Lipinski definition) is 3. The van der Waals surface area contributed by atoms with Crippen molar-refractivity contribution in [2.75, 3.05) is 19.7 Å². The summed E-state index contributed by atoms with van der Waals surface area (Å²) in [5.41, 5.74) is 5.66. The van der Waals surface area contributed by atoms with Gasteiger partial charge >= 0.3 is 0 Å². The van der Waals surface area contributed by atoms with Gasteiger partial charge in [-0.05, 0) is 38.5 Å². The Bertz CT molecular complexity index is 317. The van der Waals surface area contributed by atoms with Crippen LogP contribution in [0, 0.1) is 5.92 Å². The number of carbonyl (C=O) groups excluding carboxylic acids is 1. The fourth-order valence-electron chi connectivity index (χ4n) is 3.31. The molecule has 4 heteroatoms. The highest BCUT2D eigenvalue weighted by Crippen LogP contribution is 2.34. The molecule has 4 nitrogen and oxygen atoms in total. The quantitative estimate of drug-likeness (QED) is 0.800. The monoisotopic (exact) mass is 268 g/mol. The van der Waals surface area contributed by atoms with E-state index in [1.54, 1.807) is 0 Å². The van der Waals surface area contributed by atoms with E-state index in [9.17, 15) is 4.79 Å². The van der Waals surface area contributed by atoms with Gasteiger partial charge in [0.2, 0.25) is 5.91 Å². The number of ether oxygens (including phenoxy) is 1. The van der Waals surface area contributed by atoms with E-state index in [4.69, 9.17) is 10.5 Å². The first-order chi connectivity index (χ1) is 9.10. The molecule has 0 aromatic heterocycles. The molecule has 0 aliphatic heterocycles. The van der Waals surface area contributed by atoms with Gasteiger partial charge in [0.1, 0.15) is 6.61 Å². The van der Waals surface area contributed by atoms with Crippen LogP contribution in [0.25, 0.3) is 0 Å². The number of likely N-dealkylation sites (N-methyl/N-ethyl adjacent to an activating group) is 1. The summed E-state index contributed by atoms with van der Waals surface area (Å²) in [5, 5.41) is 0. The molecule has 2 saturated carbocycles. The Kier molecular flexibility index (Phi) is 4.85. The normalized spacial score (nSPS) is 31.2. The molecule has 1 amide bonds. The Morgan fingerprint density at radius 2 is 2.16 bits per heavy atom. The standard InChI is InChI=1S/C15H28N2O2/c1-3-17(13-6-7-13)14(18)10-19-15(11-16)8-4-5-12(2)9-15/h12-13H,3-11,16H2,1-2H3. The molecule has 2 aliphatic carbocycles. The first kappa shape index (κ1) is 14.8. The lowest BCUT2D eigenvalue weighted by Gasteiger charge is -2.39. The Morgan fingerprint density at radius 3 is 2.68 bits per heavy atom. The number of rotatable bonds is 6. The van der Waals surface area contributed by atoms with Crippen molar-refractivity contribution in [2.24, 2.45) is 11.7 Å². The maximum Gasteiger partial charge on any atom is 0.248 e. The third-order valence-electron chi connectivity index (χ3n) is 4.57. The molecule has 2 unspecified atom stereocenters. The van der Waals surface area contributed by atoms with Crippen molar-refractivity contribution in [1.82, 2.24) is 4.90 Å². The minimum atomic E-state index is -0.254. The highest BCUT2D eigenvalue weighted by molar-refractivity contribution is 5.78. The minimum absolute atomic E-state index is 0.135. The lowest BCUT2D eigenvalue weighted by atomic mass is 9.79. The molecule has 0 aromatic carbocycles. The second-order valence-corrected chi connectivity index (χ2v) is 6.29. The molecule has 0 spiro atoms. The summed E-state index contributed by atoms with van der Waals surface area (Å²) in [6, 6.07) is 0.472. The van der Waals surface area contributed by atoms with Crippen LogP contribution in [0.2, 0.25) is 0 Å². The fraction of sp³-hybridized carbons (Fsp3) is 0.933. The van der Waals surface area contributed by atoms with Crippen LogP contribution in [-0.4, -0.2) is 42.1 Å².